The average molecular weight is 779 g/mol. The molecule has 0 unspecified atom stereocenters. The van der Waals surface area contributed by atoms with E-state index in [1.807, 2.05) is 0 Å². The lowest BCUT2D eigenvalue weighted by Crippen LogP contribution is -2.64. The summed E-state index contributed by atoms with van der Waals surface area (Å²) in [4.78, 5) is 69.0. The van der Waals surface area contributed by atoms with Crippen molar-refractivity contribution in [2.75, 3.05) is 18.1 Å². The third-order valence-corrected chi connectivity index (χ3v) is 12.3. The van der Waals surface area contributed by atoms with Crippen LogP contribution in [0.4, 0.5) is 0 Å². The van der Waals surface area contributed by atoms with E-state index in [9.17, 15) is 37.5 Å². The van der Waals surface area contributed by atoms with Crippen molar-refractivity contribution >= 4 is 55.2 Å². The summed E-state index contributed by atoms with van der Waals surface area (Å²) in [6, 6.07) is 3.82. The largest absolute Gasteiger partial charge is 0.384 e. The zero-order valence-electron chi connectivity index (χ0n) is 28.1. The number of halogens is 1. The first-order chi connectivity index (χ1) is 23.5. The standard InChI is InChI=1S/C33H44BrN7O8S/c1-32(2,47)26-18-36-39-41(26)23-17-25(30(45)38-33(27(42)28(35)43)12-14-50(48,49)15-13-33)40(19-23)31(46)24(16-20-6-4-3-5-7-20)37-29(44)21-8-10-22(34)11-9-21/h8-11,18,20,23-25,47H,3-7,12-17,19H2,1-2H3,(H2,35,43)(H,37,44)(H,38,45)/t23-,24+,25-/m0/s1. The molecule has 1 aromatic heterocycles. The van der Waals surface area contributed by atoms with Crippen molar-refractivity contribution in [2.24, 2.45) is 11.7 Å². The zero-order chi connectivity index (χ0) is 36.4. The fourth-order valence-electron chi connectivity index (χ4n) is 7.31. The molecule has 2 aromatic rings. The number of Topliss-reactive ketones (excluding diaryl/α,β-unsaturated/α-hetero) is 1. The van der Waals surface area contributed by atoms with Crippen molar-refractivity contribution < 1.29 is 37.5 Å². The van der Waals surface area contributed by atoms with Gasteiger partial charge in [-0.25, -0.2) is 13.1 Å². The predicted molar refractivity (Wildman–Crippen MR) is 184 cm³/mol. The van der Waals surface area contributed by atoms with Crippen LogP contribution in [-0.2, 0) is 34.6 Å². The van der Waals surface area contributed by atoms with Crippen molar-refractivity contribution in [3.8, 4) is 0 Å². The maximum Gasteiger partial charge on any atom is 0.287 e. The molecule has 0 spiro atoms. The summed E-state index contributed by atoms with van der Waals surface area (Å²) in [5.41, 5.74) is 2.81. The van der Waals surface area contributed by atoms with Gasteiger partial charge in [-0.1, -0.05) is 53.2 Å². The smallest absolute Gasteiger partial charge is 0.287 e. The van der Waals surface area contributed by atoms with Gasteiger partial charge in [-0.3, -0.25) is 24.0 Å². The van der Waals surface area contributed by atoms with Crippen LogP contribution in [0.2, 0.25) is 0 Å². The summed E-state index contributed by atoms with van der Waals surface area (Å²) in [5.74, 6) is -4.92. The third-order valence-electron chi connectivity index (χ3n) is 10.1. The number of carbonyl (C=O) groups is 5. The molecule has 0 bridgehead atoms. The van der Waals surface area contributed by atoms with Gasteiger partial charge in [0.25, 0.3) is 11.8 Å². The van der Waals surface area contributed by atoms with E-state index in [1.165, 1.54) is 15.8 Å². The highest BCUT2D eigenvalue weighted by Crippen LogP contribution is 2.34. The number of aliphatic hydroxyl groups is 1. The first-order valence-electron chi connectivity index (χ1n) is 16.9. The highest BCUT2D eigenvalue weighted by molar-refractivity contribution is 9.10. The molecular weight excluding hydrogens is 734 g/mol. The molecule has 1 saturated carbocycles. The molecule has 5 N–H and O–H groups in total. The lowest BCUT2D eigenvalue weighted by atomic mass is 9.84. The van der Waals surface area contributed by atoms with E-state index in [2.05, 4.69) is 36.9 Å². The van der Waals surface area contributed by atoms with Gasteiger partial charge in [0.15, 0.2) is 9.84 Å². The summed E-state index contributed by atoms with van der Waals surface area (Å²) in [7, 11) is -3.52. The van der Waals surface area contributed by atoms with Gasteiger partial charge in [0.05, 0.1) is 29.4 Å². The molecule has 1 aromatic carbocycles. The first-order valence-corrected chi connectivity index (χ1v) is 19.5. The van der Waals surface area contributed by atoms with Crippen LogP contribution in [0.25, 0.3) is 0 Å². The third kappa shape index (κ3) is 8.42. The first kappa shape index (κ1) is 37.6. The Labute approximate surface area is 299 Å². The van der Waals surface area contributed by atoms with Crippen molar-refractivity contribution in [2.45, 2.75) is 101 Å². The Morgan fingerprint density at radius 3 is 2.32 bits per heavy atom. The SMILES string of the molecule is CC(C)(O)c1cnnn1[C@H]1C[C@@H](C(=O)NC2(C(=O)C(N)=O)CCS(=O)(=O)CC2)N(C(=O)[C@@H](CC2CCCCC2)NC(=O)c2ccc(Br)cc2)C1. The van der Waals surface area contributed by atoms with Crippen LogP contribution in [0, 0.1) is 5.92 Å². The monoisotopic (exact) mass is 777 g/mol. The van der Waals surface area contributed by atoms with Gasteiger partial charge in [0, 0.05) is 23.0 Å². The van der Waals surface area contributed by atoms with E-state index >= 15 is 0 Å². The Kier molecular flexibility index (Phi) is 11.2. The molecule has 5 rings (SSSR count). The summed E-state index contributed by atoms with van der Waals surface area (Å²) < 4.78 is 26.8. The van der Waals surface area contributed by atoms with Crippen LogP contribution in [-0.4, -0.2) is 98.5 Å². The Hall–Kier alpha value is -3.70. The van der Waals surface area contributed by atoms with Gasteiger partial charge >= 0.3 is 0 Å². The molecule has 2 aliphatic heterocycles. The van der Waals surface area contributed by atoms with E-state index in [0.717, 1.165) is 36.6 Å². The molecule has 1 aliphatic carbocycles. The van der Waals surface area contributed by atoms with E-state index in [4.69, 9.17) is 5.73 Å². The summed E-state index contributed by atoms with van der Waals surface area (Å²) in [6.07, 6.45) is 5.88. The highest BCUT2D eigenvalue weighted by Gasteiger charge is 2.50. The summed E-state index contributed by atoms with van der Waals surface area (Å²) in [5, 5.41) is 24.5. The second-order valence-electron chi connectivity index (χ2n) is 14.2. The molecule has 50 heavy (non-hydrogen) atoms. The molecular formula is C33H44BrN7O8S. The normalized spacial score (nSPS) is 22.8. The molecule has 3 aliphatic rings. The molecule has 2 saturated heterocycles. The van der Waals surface area contributed by atoms with Crippen LogP contribution >= 0.6 is 15.9 Å². The van der Waals surface area contributed by atoms with Gasteiger partial charge in [-0.15, -0.1) is 5.10 Å². The summed E-state index contributed by atoms with van der Waals surface area (Å²) in [6.45, 7) is 3.06. The zero-order valence-corrected chi connectivity index (χ0v) is 30.5. The molecule has 17 heteroatoms. The fourth-order valence-corrected chi connectivity index (χ4v) is 9.09. The van der Waals surface area contributed by atoms with Crippen molar-refractivity contribution in [3.63, 3.8) is 0 Å². The van der Waals surface area contributed by atoms with Crippen LogP contribution in [0.15, 0.2) is 34.9 Å². The minimum Gasteiger partial charge on any atom is -0.384 e. The molecule has 3 fully saturated rings. The van der Waals surface area contributed by atoms with Crippen molar-refractivity contribution in [1.82, 2.24) is 30.5 Å². The van der Waals surface area contributed by atoms with Crippen molar-refractivity contribution in [1.29, 1.82) is 0 Å². The molecule has 3 atom stereocenters. The Morgan fingerprint density at radius 2 is 1.72 bits per heavy atom. The van der Waals surface area contributed by atoms with Gasteiger partial charge in [-0.2, -0.15) is 0 Å². The number of carbonyl (C=O) groups excluding carboxylic acids is 5. The number of primary amides is 1. The van der Waals surface area contributed by atoms with Gasteiger partial charge in [-0.05, 0) is 63.3 Å². The second kappa shape index (κ2) is 14.9. The number of benzene rings is 1. The van der Waals surface area contributed by atoms with Crippen LogP contribution in [0.1, 0.15) is 93.7 Å². The van der Waals surface area contributed by atoms with E-state index in [1.54, 1.807) is 38.1 Å². The number of nitrogens with one attached hydrogen (secondary N) is 2. The van der Waals surface area contributed by atoms with Gasteiger partial charge in [0.2, 0.25) is 17.6 Å². The van der Waals surface area contributed by atoms with Crippen LogP contribution in [0.5, 0.6) is 0 Å². The van der Waals surface area contributed by atoms with Crippen LogP contribution in [0.3, 0.4) is 0 Å². The number of hydrogen-bond acceptors (Lipinski definition) is 10. The second-order valence-corrected chi connectivity index (χ2v) is 17.4. The minimum atomic E-state index is -3.52. The topological polar surface area (TPSA) is 224 Å². The highest BCUT2D eigenvalue weighted by atomic mass is 79.9. The number of nitrogens with two attached hydrogens (primary N) is 1. The predicted octanol–water partition coefficient (Wildman–Crippen LogP) is 1.30. The average Bonchev–Trinajstić information content (AvgIpc) is 3.74. The molecule has 272 valence electrons. The molecule has 15 nitrogen and oxygen atoms in total. The minimum absolute atomic E-state index is 0.0139. The maximum absolute atomic E-state index is 14.7. The van der Waals surface area contributed by atoms with Gasteiger partial charge in [0.1, 0.15) is 23.2 Å². The lowest BCUT2D eigenvalue weighted by molar-refractivity contribution is -0.145. The number of nitrogens with zero attached hydrogens (tertiary/aromatic N) is 4. The number of amides is 4. The number of hydrogen-bond donors (Lipinski definition) is 4. The molecule has 3 heterocycles. The lowest BCUT2D eigenvalue weighted by Gasteiger charge is -2.37. The quantitative estimate of drug-likeness (QED) is 0.239. The number of rotatable bonds is 11. The van der Waals surface area contributed by atoms with E-state index < -0.39 is 80.0 Å². The molecule has 4 amide bonds. The van der Waals surface area contributed by atoms with E-state index in [-0.39, 0.29) is 31.7 Å². The van der Waals surface area contributed by atoms with Crippen molar-refractivity contribution in [3.05, 3.63) is 46.2 Å². The number of aromatic nitrogens is 3. The van der Waals surface area contributed by atoms with Gasteiger partial charge < -0.3 is 26.4 Å². The Bertz CT molecular complexity index is 1720. The number of sulfone groups is 1. The summed E-state index contributed by atoms with van der Waals surface area (Å²) >= 11 is 3.37. The number of ketones is 1. The van der Waals surface area contributed by atoms with E-state index in [0.29, 0.717) is 17.7 Å². The maximum atomic E-state index is 14.7. The Morgan fingerprint density at radius 1 is 1.08 bits per heavy atom. The fraction of sp³-hybridized carbons (Fsp3) is 0.606. The molecule has 0 radical (unpaired) electrons. The number of likely N-dealkylation sites (tertiary alicyclic amines) is 1. The van der Waals surface area contributed by atoms with Crippen LogP contribution < -0.4 is 16.4 Å². The Balaban J connectivity index is 1.49.